The molecule has 0 unspecified atom stereocenters. The van der Waals surface area contributed by atoms with Crippen molar-refractivity contribution in [2.24, 2.45) is 5.92 Å². The Balaban J connectivity index is 1.53. The van der Waals surface area contributed by atoms with Crippen LogP contribution in [0.15, 0.2) is 30.6 Å². The second-order valence-electron chi connectivity index (χ2n) is 7.65. The van der Waals surface area contributed by atoms with Crippen LogP contribution in [0.2, 0.25) is 0 Å². The van der Waals surface area contributed by atoms with Crippen LogP contribution in [0.3, 0.4) is 0 Å². The van der Waals surface area contributed by atoms with Crippen molar-refractivity contribution in [3.05, 3.63) is 46.5 Å². The molecule has 0 bridgehead atoms. The number of carbonyl (C=O) groups is 1. The van der Waals surface area contributed by atoms with E-state index >= 15 is 0 Å². The third kappa shape index (κ3) is 4.21. The van der Waals surface area contributed by atoms with Crippen LogP contribution in [0.5, 0.6) is 0 Å². The highest BCUT2D eigenvalue weighted by atomic mass is 19.1. The van der Waals surface area contributed by atoms with Crippen molar-refractivity contribution < 1.29 is 19.2 Å². The van der Waals surface area contributed by atoms with Crippen LogP contribution in [0.1, 0.15) is 12.8 Å². The van der Waals surface area contributed by atoms with E-state index < -0.39 is 16.8 Å². The Kier molecular flexibility index (Phi) is 5.83. The number of para-hydroxylation sites is 1. The summed E-state index contributed by atoms with van der Waals surface area (Å²) in [5, 5.41) is 21.1. The zero-order valence-corrected chi connectivity index (χ0v) is 16.9. The van der Waals surface area contributed by atoms with Gasteiger partial charge in [-0.2, -0.15) is 0 Å². The summed E-state index contributed by atoms with van der Waals surface area (Å²) in [5.74, 6) is -1.12. The Morgan fingerprint density at radius 3 is 2.10 bits per heavy atom. The third-order valence-electron chi connectivity index (χ3n) is 5.88. The van der Waals surface area contributed by atoms with Crippen molar-refractivity contribution in [2.75, 3.05) is 54.0 Å². The summed E-state index contributed by atoms with van der Waals surface area (Å²) < 4.78 is 14.1. The number of piperidine rings is 1. The molecule has 10 nitrogen and oxygen atoms in total. The number of aromatic nitrogens is 2. The fraction of sp³-hybridized carbons (Fsp3) is 0.450. The van der Waals surface area contributed by atoms with E-state index in [4.69, 9.17) is 0 Å². The normalized spacial score (nSPS) is 17.6. The number of hydrogen-bond donors (Lipinski definition) is 1. The predicted molar refractivity (Wildman–Crippen MR) is 112 cm³/mol. The van der Waals surface area contributed by atoms with E-state index in [0.717, 1.165) is 0 Å². The van der Waals surface area contributed by atoms with Gasteiger partial charge in [-0.25, -0.2) is 14.4 Å². The molecule has 0 aliphatic carbocycles. The number of carboxylic acid groups (broad SMARTS) is 1. The summed E-state index contributed by atoms with van der Waals surface area (Å²) in [7, 11) is 0. The van der Waals surface area contributed by atoms with Crippen molar-refractivity contribution >= 4 is 29.0 Å². The largest absolute Gasteiger partial charge is 0.481 e. The number of carboxylic acids is 1. The summed E-state index contributed by atoms with van der Waals surface area (Å²) in [6.45, 7) is 2.67. The Labute approximate surface area is 178 Å². The average Bonchev–Trinajstić information content (AvgIpc) is 2.79. The standard InChI is InChI=1S/C20H23FN6O4/c21-15-3-1-2-4-16(15)24-9-11-26(12-10-24)19-17(27(30)31)18(22-13-23-19)25-7-5-14(6-8-25)20(28)29/h1-4,13-14H,5-12H2,(H,28,29). The maximum Gasteiger partial charge on any atom is 0.353 e. The van der Waals surface area contributed by atoms with Crippen LogP contribution in [-0.4, -0.2) is 65.2 Å². The van der Waals surface area contributed by atoms with E-state index in [-0.39, 0.29) is 23.1 Å². The van der Waals surface area contributed by atoms with Gasteiger partial charge in [0, 0.05) is 39.3 Å². The number of piperazine rings is 1. The highest BCUT2D eigenvalue weighted by molar-refractivity contribution is 5.73. The smallest absolute Gasteiger partial charge is 0.353 e. The van der Waals surface area contributed by atoms with Crippen molar-refractivity contribution in [2.45, 2.75) is 12.8 Å². The number of aliphatic carboxylic acids is 1. The number of rotatable bonds is 5. The minimum Gasteiger partial charge on any atom is -0.481 e. The lowest BCUT2D eigenvalue weighted by Crippen LogP contribution is -2.47. The van der Waals surface area contributed by atoms with Gasteiger partial charge < -0.3 is 19.8 Å². The van der Waals surface area contributed by atoms with Gasteiger partial charge in [-0.3, -0.25) is 14.9 Å². The highest BCUT2D eigenvalue weighted by Crippen LogP contribution is 2.36. The Bertz CT molecular complexity index is 974. The van der Waals surface area contributed by atoms with Crippen molar-refractivity contribution in [1.82, 2.24) is 9.97 Å². The van der Waals surface area contributed by atoms with E-state index in [9.17, 15) is 24.4 Å². The molecule has 2 aliphatic rings. The van der Waals surface area contributed by atoms with Gasteiger partial charge in [0.15, 0.2) is 0 Å². The van der Waals surface area contributed by atoms with Crippen molar-refractivity contribution in [1.29, 1.82) is 0 Å². The SMILES string of the molecule is O=C(O)C1CCN(c2ncnc(N3CCN(c4ccccc4F)CC3)c2[N+](=O)[O-])CC1. The van der Waals surface area contributed by atoms with Gasteiger partial charge in [0.1, 0.15) is 12.1 Å². The first-order valence-corrected chi connectivity index (χ1v) is 10.2. The molecule has 0 spiro atoms. The molecule has 1 aromatic heterocycles. The Hall–Kier alpha value is -3.50. The number of benzene rings is 1. The third-order valence-corrected chi connectivity index (χ3v) is 5.88. The lowest BCUT2D eigenvalue weighted by molar-refractivity contribution is -0.383. The molecule has 1 aromatic carbocycles. The molecule has 2 aliphatic heterocycles. The summed E-state index contributed by atoms with van der Waals surface area (Å²) in [4.78, 5) is 36.5. The van der Waals surface area contributed by atoms with E-state index in [1.165, 1.54) is 12.4 Å². The van der Waals surface area contributed by atoms with Crippen LogP contribution >= 0.6 is 0 Å². The minimum absolute atomic E-state index is 0.171. The molecule has 2 aromatic rings. The lowest BCUT2D eigenvalue weighted by atomic mass is 9.97. The monoisotopic (exact) mass is 430 g/mol. The van der Waals surface area contributed by atoms with Crippen LogP contribution in [0, 0.1) is 21.8 Å². The van der Waals surface area contributed by atoms with Gasteiger partial charge in [0.2, 0.25) is 11.6 Å². The first-order chi connectivity index (χ1) is 15.0. The summed E-state index contributed by atoms with van der Waals surface area (Å²) >= 11 is 0. The topological polar surface area (TPSA) is 116 Å². The maximum atomic E-state index is 14.1. The first-order valence-electron chi connectivity index (χ1n) is 10.2. The molecule has 0 amide bonds. The average molecular weight is 430 g/mol. The number of hydrogen-bond acceptors (Lipinski definition) is 8. The second kappa shape index (κ2) is 8.70. The van der Waals surface area contributed by atoms with E-state index in [1.54, 1.807) is 23.1 Å². The molecule has 2 saturated heterocycles. The highest BCUT2D eigenvalue weighted by Gasteiger charge is 2.34. The zero-order chi connectivity index (χ0) is 22.0. The van der Waals surface area contributed by atoms with Gasteiger partial charge in [0.05, 0.1) is 16.5 Å². The minimum atomic E-state index is -0.842. The molecule has 164 valence electrons. The van der Waals surface area contributed by atoms with Crippen LogP contribution < -0.4 is 14.7 Å². The molecule has 0 radical (unpaired) electrons. The number of anilines is 3. The Morgan fingerprint density at radius 2 is 1.55 bits per heavy atom. The summed E-state index contributed by atoms with van der Waals surface area (Å²) in [6, 6.07) is 6.55. The van der Waals surface area contributed by atoms with Crippen molar-refractivity contribution in [3.63, 3.8) is 0 Å². The van der Waals surface area contributed by atoms with Gasteiger partial charge in [-0.15, -0.1) is 0 Å². The van der Waals surface area contributed by atoms with Gasteiger partial charge in [-0.1, -0.05) is 12.1 Å². The van der Waals surface area contributed by atoms with Crippen molar-refractivity contribution in [3.8, 4) is 0 Å². The molecular formula is C20H23FN6O4. The van der Waals surface area contributed by atoms with E-state index in [1.807, 2.05) is 9.80 Å². The van der Waals surface area contributed by atoms with Gasteiger partial charge in [0.25, 0.3) is 0 Å². The lowest BCUT2D eigenvalue weighted by Gasteiger charge is -2.37. The molecule has 11 heteroatoms. The molecule has 0 atom stereocenters. The summed E-state index contributed by atoms with van der Waals surface area (Å²) in [6.07, 6.45) is 2.13. The van der Waals surface area contributed by atoms with E-state index in [2.05, 4.69) is 9.97 Å². The van der Waals surface area contributed by atoms with Crippen LogP contribution in [-0.2, 0) is 4.79 Å². The molecule has 1 N–H and O–H groups in total. The molecule has 2 fully saturated rings. The fourth-order valence-corrected chi connectivity index (χ4v) is 4.19. The van der Waals surface area contributed by atoms with Crippen LogP contribution in [0.25, 0.3) is 0 Å². The molecule has 31 heavy (non-hydrogen) atoms. The molecule has 3 heterocycles. The fourth-order valence-electron chi connectivity index (χ4n) is 4.19. The summed E-state index contributed by atoms with van der Waals surface area (Å²) in [5.41, 5.74) is 0.344. The predicted octanol–water partition coefficient (Wildman–Crippen LogP) is 2.15. The van der Waals surface area contributed by atoms with Gasteiger partial charge in [-0.05, 0) is 25.0 Å². The van der Waals surface area contributed by atoms with Crippen LogP contribution in [0.4, 0.5) is 27.4 Å². The maximum absolute atomic E-state index is 14.1. The van der Waals surface area contributed by atoms with E-state index in [0.29, 0.717) is 57.8 Å². The number of nitrogens with zero attached hydrogens (tertiary/aromatic N) is 6. The Morgan fingerprint density at radius 1 is 1.00 bits per heavy atom. The zero-order valence-electron chi connectivity index (χ0n) is 16.9. The number of halogens is 1. The molecular weight excluding hydrogens is 407 g/mol. The quantitative estimate of drug-likeness (QED) is 0.562. The first kappa shape index (κ1) is 20.8. The second-order valence-corrected chi connectivity index (χ2v) is 7.65. The molecule has 4 rings (SSSR count). The number of nitro groups is 1. The van der Waals surface area contributed by atoms with Gasteiger partial charge >= 0.3 is 11.7 Å². The molecule has 0 saturated carbocycles.